The Labute approximate surface area is 235 Å². The third-order valence-electron chi connectivity index (χ3n) is 8.09. The van der Waals surface area contributed by atoms with Crippen molar-refractivity contribution in [1.29, 1.82) is 0 Å². The standard InChI is InChI=1S/C32H29BClN5/c33-28-18-36-39-31(16-30(37-32(28)39)27-9-3-4-10-29(27)34)35-17-22-6-5-13-38(20-22)19-21-11-12-26-24(14-21)15-23-7-1-2-8-25(23)26/h1-4,7-12,14,16,18,22,35H,5-6,13,15,17,19-20H2. The quantitative estimate of drug-likeness (QED) is 0.280. The van der Waals surface area contributed by atoms with Crippen LogP contribution in [0.4, 0.5) is 5.82 Å². The Morgan fingerprint density at radius 2 is 1.77 bits per heavy atom. The normalized spacial score (nSPS) is 16.8. The maximum Gasteiger partial charge on any atom is 0.150 e. The first-order valence-corrected chi connectivity index (χ1v) is 14.1. The van der Waals surface area contributed by atoms with Gasteiger partial charge in [-0.3, -0.25) is 4.90 Å². The lowest BCUT2D eigenvalue weighted by Crippen LogP contribution is -2.37. The number of nitrogens with one attached hydrogen (secondary N) is 1. The molecule has 0 bridgehead atoms. The molecule has 2 aromatic heterocycles. The lowest BCUT2D eigenvalue weighted by molar-refractivity contribution is 0.173. The number of nitrogens with zero attached hydrogens (tertiary/aromatic N) is 4. The third-order valence-corrected chi connectivity index (χ3v) is 8.42. The van der Waals surface area contributed by atoms with Gasteiger partial charge in [0.1, 0.15) is 13.7 Å². The summed E-state index contributed by atoms with van der Waals surface area (Å²) in [6, 6.07) is 25.6. The van der Waals surface area contributed by atoms with Crippen molar-refractivity contribution in [3.05, 3.63) is 101 Å². The Morgan fingerprint density at radius 1 is 0.949 bits per heavy atom. The second kappa shape index (κ2) is 10.2. The van der Waals surface area contributed by atoms with Crippen LogP contribution in [-0.2, 0) is 13.0 Å². The van der Waals surface area contributed by atoms with Crippen LogP contribution in [0.3, 0.4) is 0 Å². The summed E-state index contributed by atoms with van der Waals surface area (Å²) in [7, 11) is 6.21. The van der Waals surface area contributed by atoms with Crippen LogP contribution in [0, 0.1) is 5.92 Å². The van der Waals surface area contributed by atoms with E-state index in [-0.39, 0.29) is 0 Å². The Bertz CT molecular complexity index is 1680. The molecule has 5 aromatic rings. The van der Waals surface area contributed by atoms with E-state index in [0.29, 0.717) is 22.1 Å². The molecule has 5 nitrogen and oxygen atoms in total. The van der Waals surface area contributed by atoms with Gasteiger partial charge in [0.25, 0.3) is 0 Å². The van der Waals surface area contributed by atoms with Crippen LogP contribution in [0.5, 0.6) is 0 Å². The summed E-state index contributed by atoms with van der Waals surface area (Å²) in [5.41, 5.74) is 9.95. The minimum atomic E-state index is 0.539. The summed E-state index contributed by atoms with van der Waals surface area (Å²) in [5.74, 6) is 1.42. The summed E-state index contributed by atoms with van der Waals surface area (Å²) in [4.78, 5) is 7.36. The number of anilines is 1. The molecule has 7 heteroatoms. The number of hydrogen-bond acceptors (Lipinski definition) is 4. The van der Waals surface area contributed by atoms with E-state index in [0.717, 1.165) is 49.7 Å². The zero-order valence-electron chi connectivity index (χ0n) is 21.8. The van der Waals surface area contributed by atoms with E-state index < -0.39 is 0 Å². The molecule has 1 saturated heterocycles. The van der Waals surface area contributed by atoms with Crippen LogP contribution in [0.1, 0.15) is 29.5 Å². The largest absolute Gasteiger partial charge is 0.370 e. The predicted octanol–water partition coefficient (Wildman–Crippen LogP) is 5.74. The summed E-state index contributed by atoms with van der Waals surface area (Å²) in [5, 5.41) is 8.80. The summed E-state index contributed by atoms with van der Waals surface area (Å²) >= 11 is 6.49. The second-order valence-electron chi connectivity index (χ2n) is 10.8. The molecular weight excluding hydrogens is 501 g/mol. The van der Waals surface area contributed by atoms with E-state index in [1.807, 2.05) is 30.3 Å². The Balaban J connectivity index is 1.05. The highest BCUT2D eigenvalue weighted by molar-refractivity contribution is 6.36. The molecule has 1 fully saturated rings. The van der Waals surface area contributed by atoms with Crippen LogP contribution in [0.15, 0.2) is 79.0 Å². The van der Waals surface area contributed by atoms with Crippen LogP contribution < -0.4 is 10.8 Å². The van der Waals surface area contributed by atoms with E-state index >= 15 is 0 Å². The molecule has 3 aromatic carbocycles. The molecule has 3 heterocycles. The maximum absolute atomic E-state index is 6.49. The zero-order valence-corrected chi connectivity index (χ0v) is 22.5. The SMILES string of the molecule is [B]c1cnn2c(NCC3CCCN(Cc4ccc5c(c4)Cc4ccccc4-5)C3)cc(-c3ccccc3Cl)nc12. The Hall–Kier alpha value is -3.61. The molecular formula is C32H29BClN5. The smallest absolute Gasteiger partial charge is 0.150 e. The first kappa shape index (κ1) is 24.4. The van der Waals surface area contributed by atoms with E-state index in [9.17, 15) is 0 Å². The lowest BCUT2D eigenvalue weighted by Gasteiger charge is -2.33. The number of hydrogen-bond donors (Lipinski definition) is 1. The van der Waals surface area contributed by atoms with Gasteiger partial charge in [-0.15, -0.1) is 0 Å². The molecule has 1 N–H and O–H groups in total. The van der Waals surface area contributed by atoms with E-state index in [1.165, 1.54) is 40.7 Å². The van der Waals surface area contributed by atoms with Gasteiger partial charge in [-0.1, -0.05) is 72.3 Å². The Kier molecular flexibility index (Phi) is 6.38. The molecule has 1 unspecified atom stereocenters. The number of benzene rings is 3. The molecule has 1 aliphatic heterocycles. The van der Waals surface area contributed by atoms with E-state index in [2.05, 4.69) is 57.8 Å². The molecule has 0 amide bonds. The van der Waals surface area contributed by atoms with Crippen molar-refractivity contribution in [2.75, 3.05) is 25.0 Å². The fourth-order valence-electron chi connectivity index (χ4n) is 6.18. The van der Waals surface area contributed by atoms with Crippen molar-refractivity contribution in [3.8, 4) is 22.4 Å². The van der Waals surface area contributed by atoms with Crippen LogP contribution in [0.2, 0.25) is 5.02 Å². The highest BCUT2D eigenvalue weighted by Crippen LogP contribution is 2.37. The van der Waals surface area contributed by atoms with Gasteiger partial charge < -0.3 is 5.32 Å². The van der Waals surface area contributed by atoms with Crippen molar-refractivity contribution in [3.63, 3.8) is 0 Å². The summed E-state index contributed by atoms with van der Waals surface area (Å²) in [6.45, 7) is 4.06. The number of likely N-dealkylation sites (tertiary alicyclic amines) is 1. The van der Waals surface area contributed by atoms with Crippen molar-refractivity contribution < 1.29 is 0 Å². The summed E-state index contributed by atoms with van der Waals surface area (Å²) < 4.78 is 1.79. The molecule has 39 heavy (non-hydrogen) atoms. The number of rotatable bonds is 6. The van der Waals surface area contributed by atoms with Gasteiger partial charge in [0, 0.05) is 42.5 Å². The van der Waals surface area contributed by atoms with Crippen molar-refractivity contribution >= 4 is 36.4 Å². The van der Waals surface area contributed by atoms with Gasteiger partial charge in [0.15, 0.2) is 5.65 Å². The van der Waals surface area contributed by atoms with Crippen LogP contribution in [0.25, 0.3) is 28.0 Å². The molecule has 192 valence electrons. The van der Waals surface area contributed by atoms with Gasteiger partial charge in [-0.25, -0.2) is 4.98 Å². The molecule has 2 radical (unpaired) electrons. The van der Waals surface area contributed by atoms with Crippen molar-refractivity contribution in [2.45, 2.75) is 25.8 Å². The van der Waals surface area contributed by atoms with Gasteiger partial charge in [-0.05, 0) is 71.1 Å². The molecule has 1 atom stereocenters. The minimum absolute atomic E-state index is 0.539. The summed E-state index contributed by atoms with van der Waals surface area (Å²) in [6.07, 6.45) is 5.10. The lowest BCUT2D eigenvalue weighted by atomic mass is 9.97. The molecule has 1 aliphatic carbocycles. The number of fused-ring (bicyclic) bond motifs is 4. The highest BCUT2D eigenvalue weighted by atomic mass is 35.5. The zero-order chi connectivity index (χ0) is 26.3. The van der Waals surface area contributed by atoms with Gasteiger partial charge in [-0.2, -0.15) is 9.61 Å². The van der Waals surface area contributed by atoms with E-state index in [1.54, 1.807) is 10.7 Å². The Morgan fingerprint density at radius 3 is 2.67 bits per heavy atom. The second-order valence-corrected chi connectivity index (χ2v) is 11.2. The average Bonchev–Trinajstić information content (AvgIpc) is 3.52. The monoisotopic (exact) mass is 529 g/mol. The van der Waals surface area contributed by atoms with Gasteiger partial charge in [0.2, 0.25) is 0 Å². The maximum atomic E-state index is 6.49. The molecule has 2 aliphatic rings. The van der Waals surface area contributed by atoms with E-state index in [4.69, 9.17) is 24.4 Å². The highest BCUT2D eigenvalue weighted by Gasteiger charge is 2.22. The first-order valence-electron chi connectivity index (χ1n) is 13.7. The number of halogens is 1. The van der Waals surface area contributed by atoms with Crippen molar-refractivity contribution in [1.82, 2.24) is 19.5 Å². The number of aromatic nitrogens is 3. The van der Waals surface area contributed by atoms with Crippen molar-refractivity contribution in [2.24, 2.45) is 5.92 Å². The molecule has 7 rings (SSSR count). The fraction of sp³-hybridized carbons (Fsp3) is 0.250. The molecule has 0 spiro atoms. The van der Waals surface area contributed by atoms with Gasteiger partial charge in [0.05, 0.1) is 5.69 Å². The van der Waals surface area contributed by atoms with Crippen LogP contribution >= 0.6 is 11.6 Å². The fourth-order valence-corrected chi connectivity index (χ4v) is 6.41. The third kappa shape index (κ3) is 4.73. The topological polar surface area (TPSA) is 45.5 Å². The number of piperidine rings is 1. The first-order chi connectivity index (χ1) is 19.1. The predicted molar refractivity (Wildman–Crippen MR) is 160 cm³/mol. The van der Waals surface area contributed by atoms with Gasteiger partial charge >= 0.3 is 0 Å². The minimum Gasteiger partial charge on any atom is -0.370 e. The van der Waals surface area contributed by atoms with Crippen LogP contribution in [-0.4, -0.2) is 47.0 Å². The average molecular weight is 530 g/mol. The molecule has 0 saturated carbocycles.